The molecule has 4 rings (SSSR count). The maximum absolute atomic E-state index is 13.4. The number of likely N-dealkylation sites (tertiary alicyclic amines) is 1. The van der Waals surface area contributed by atoms with Crippen molar-refractivity contribution in [1.29, 1.82) is 0 Å². The summed E-state index contributed by atoms with van der Waals surface area (Å²) in [5.41, 5.74) is 3.09. The second kappa shape index (κ2) is 11.0. The van der Waals surface area contributed by atoms with E-state index < -0.39 is 0 Å². The monoisotopic (exact) mass is 464 g/mol. The van der Waals surface area contributed by atoms with Gasteiger partial charge < -0.3 is 9.73 Å². The lowest BCUT2D eigenvalue weighted by Crippen LogP contribution is -2.48. The molecule has 0 aliphatic carbocycles. The summed E-state index contributed by atoms with van der Waals surface area (Å²) in [6, 6.07) is 11.9. The molecule has 0 radical (unpaired) electrons. The van der Waals surface area contributed by atoms with Crippen LogP contribution in [0.1, 0.15) is 68.9 Å². The van der Waals surface area contributed by atoms with Crippen molar-refractivity contribution in [2.45, 2.75) is 65.0 Å². The Morgan fingerprint density at radius 1 is 1.24 bits per heavy atom. The molecule has 182 valence electrons. The van der Waals surface area contributed by atoms with Crippen LogP contribution in [0, 0.1) is 12.8 Å². The van der Waals surface area contributed by atoms with Gasteiger partial charge in [-0.3, -0.25) is 14.5 Å². The van der Waals surface area contributed by atoms with E-state index in [0.29, 0.717) is 13.0 Å². The molecule has 2 aromatic rings. The molecule has 0 spiro atoms. The predicted octanol–water partition coefficient (Wildman–Crippen LogP) is 4.28. The summed E-state index contributed by atoms with van der Waals surface area (Å²) in [6.07, 6.45) is 6.05. The molecule has 2 aliphatic heterocycles. The van der Waals surface area contributed by atoms with Crippen molar-refractivity contribution in [2.24, 2.45) is 11.0 Å². The highest BCUT2D eigenvalue weighted by Crippen LogP contribution is 2.33. The molecule has 7 nitrogen and oxygen atoms in total. The van der Waals surface area contributed by atoms with Gasteiger partial charge in [0.05, 0.1) is 24.4 Å². The van der Waals surface area contributed by atoms with Crippen molar-refractivity contribution in [1.82, 2.24) is 15.2 Å². The quantitative estimate of drug-likeness (QED) is 0.632. The third-order valence-corrected chi connectivity index (χ3v) is 6.77. The van der Waals surface area contributed by atoms with Gasteiger partial charge in [-0.1, -0.05) is 43.2 Å². The Balaban J connectivity index is 1.44. The van der Waals surface area contributed by atoms with E-state index in [0.717, 1.165) is 49.3 Å². The number of rotatable bonds is 8. The van der Waals surface area contributed by atoms with Gasteiger partial charge in [0, 0.05) is 19.0 Å². The second-order valence-electron chi connectivity index (χ2n) is 9.66. The standard InChI is InChI=1S/C27H36N4O3/c1-4-7-20(3)28-27(33)22-8-5-14-30(17-22)18-26(32)31-24(25-9-6-15-34-25)16-23(29-31)21-12-10-19(2)11-13-21/h6,9-13,15,20,22,24H,4-5,7-8,14,16-18H2,1-3H3,(H,28,33). The molecular formula is C27H36N4O3. The Labute approximate surface area is 202 Å². The number of furan rings is 1. The van der Waals surface area contributed by atoms with E-state index in [4.69, 9.17) is 9.52 Å². The lowest BCUT2D eigenvalue weighted by atomic mass is 9.96. The summed E-state index contributed by atoms with van der Waals surface area (Å²) in [5, 5.41) is 9.46. The van der Waals surface area contributed by atoms with Gasteiger partial charge in [-0.05, 0) is 57.4 Å². The highest BCUT2D eigenvalue weighted by Gasteiger charge is 2.36. The summed E-state index contributed by atoms with van der Waals surface area (Å²) in [4.78, 5) is 28.3. The summed E-state index contributed by atoms with van der Waals surface area (Å²) >= 11 is 0. The number of hydrogen-bond donors (Lipinski definition) is 1. The zero-order chi connectivity index (χ0) is 24.1. The molecule has 1 aromatic heterocycles. The molecule has 3 heterocycles. The van der Waals surface area contributed by atoms with Gasteiger partial charge in [0.1, 0.15) is 11.8 Å². The number of benzene rings is 1. The average molecular weight is 465 g/mol. The summed E-state index contributed by atoms with van der Waals surface area (Å²) in [5.74, 6) is 0.697. The fraction of sp³-hybridized carbons (Fsp3) is 0.519. The van der Waals surface area contributed by atoms with Gasteiger partial charge in [-0.2, -0.15) is 5.10 Å². The smallest absolute Gasteiger partial charge is 0.257 e. The minimum Gasteiger partial charge on any atom is -0.467 e. The zero-order valence-corrected chi connectivity index (χ0v) is 20.5. The molecule has 2 amide bonds. The lowest BCUT2D eigenvalue weighted by Gasteiger charge is -2.33. The number of carbonyl (C=O) groups is 2. The first-order valence-corrected chi connectivity index (χ1v) is 12.5. The van der Waals surface area contributed by atoms with E-state index in [-0.39, 0.29) is 36.4 Å². The van der Waals surface area contributed by atoms with Crippen LogP contribution in [0.15, 0.2) is 52.2 Å². The number of hydrogen-bond acceptors (Lipinski definition) is 5. The number of nitrogens with one attached hydrogen (secondary N) is 1. The van der Waals surface area contributed by atoms with Crippen LogP contribution >= 0.6 is 0 Å². The number of amides is 2. The third kappa shape index (κ3) is 5.76. The first-order chi connectivity index (χ1) is 16.4. The van der Waals surface area contributed by atoms with E-state index in [2.05, 4.69) is 55.3 Å². The maximum Gasteiger partial charge on any atom is 0.257 e. The molecule has 1 fully saturated rings. The van der Waals surface area contributed by atoms with Gasteiger partial charge in [-0.15, -0.1) is 0 Å². The van der Waals surface area contributed by atoms with Crippen LogP contribution in [0.4, 0.5) is 0 Å². The Morgan fingerprint density at radius 2 is 2.03 bits per heavy atom. The molecule has 0 saturated carbocycles. The van der Waals surface area contributed by atoms with Crippen LogP contribution in [0.5, 0.6) is 0 Å². The molecular weight excluding hydrogens is 428 g/mol. The number of carbonyl (C=O) groups excluding carboxylic acids is 2. The van der Waals surface area contributed by atoms with E-state index >= 15 is 0 Å². The number of piperidine rings is 1. The van der Waals surface area contributed by atoms with Gasteiger partial charge in [0.25, 0.3) is 5.91 Å². The number of nitrogens with zero attached hydrogens (tertiary/aromatic N) is 3. The molecule has 1 N–H and O–H groups in total. The van der Waals surface area contributed by atoms with E-state index in [1.54, 1.807) is 11.3 Å². The van der Waals surface area contributed by atoms with Crippen molar-refractivity contribution in [2.75, 3.05) is 19.6 Å². The fourth-order valence-electron chi connectivity index (χ4n) is 4.91. The average Bonchev–Trinajstić information content (AvgIpc) is 3.50. The largest absolute Gasteiger partial charge is 0.467 e. The van der Waals surface area contributed by atoms with Crippen molar-refractivity contribution in [3.05, 3.63) is 59.5 Å². The van der Waals surface area contributed by atoms with Gasteiger partial charge in [-0.25, -0.2) is 5.01 Å². The van der Waals surface area contributed by atoms with E-state index in [1.807, 2.05) is 12.1 Å². The lowest BCUT2D eigenvalue weighted by molar-refractivity contribution is -0.136. The fourth-order valence-corrected chi connectivity index (χ4v) is 4.91. The van der Waals surface area contributed by atoms with Crippen LogP contribution in [0.3, 0.4) is 0 Å². The van der Waals surface area contributed by atoms with Crippen LogP contribution in [0.2, 0.25) is 0 Å². The molecule has 0 bridgehead atoms. The second-order valence-corrected chi connectivity index (χ2v) is 9.66. The van der Waals surface area contributed by atoms with Crippen LogP contribution in [-0.4, -0.2) is 53.1 Å². The normalized spacial score (nSPS) is 21.9. The highest BCUT2D eigenvalue weighted by molar-refractivity contribution is 6.03. The predicted molar refractivity (Wildman–Crippen MR) is 132 cm³/mol. The van der Waals surface area contributed by atoms with Gasteiger partial charge >= 0.3 is 0 Å². The van der Waals surface area contributed by atoms with Gasteiger partial charge in [0.15, 0.2) is 0 Å². The van der Waals surface area contributed by atoms with Crippen molar-refractivity contribution in [3.63, 3.8) is 0 Å². The third-order valence-electron chi connectivity index (χ3n) is 6.77. The molecule has 1 aromatic carbocycles. The van der Waals surface area contributed by atoms with Crippen LogP contribution < -0.4 is 5.32 Å². The SMILES string of the molecule is CCCC(C)NC(=O)C1CCCN(CC(=O)N2N=C(c3ccc(C)cc3)CC2c2ccco2)C1. The van der Waals surface area contributed by atoms with Crippen molar-refractivity contribution < 1.29 is 14.0 Å². The Kier molecular flexibility index (Phi) is 7.83. The zero-order valence-electron chi connectivity index (χ0n) is 20.5. The molecule has 7 heteroatoms. The summed E-state index contributed by atoms with van der Waals surface area (Å²) < 4.78 is 5.66. The van der Waals surface area contributed by atoms with Crippen molar-refractivity contribution in [3.8, 4) is 0 Å². The van der Waals surface area contributed by atoms with Crippen molar-refractivity contribution >= 4 is 17.5 Å². The molecule has 3 unspecified atom stereocenters. The van der Waals surface area contributed by atoms with E-state index in [9.17, 15) is 9.59 Å². The minimum atomic E-state index is -0.252. The van der Waals surface area contributed by atoms with E-state index in [1.165, 1.54) is 5.56 Å². The number of aryl methyl sites for hydroxylation is 1. The molecule has 2 aliphatic rings. The number of hydrazone groups is 1. The summed E-state index contributed by atoms with van der Waals surface area (Å²) in [7, 11) is 0. The Bertz CT molecular complexity index is 999. The summed E-state index contributed by atoms with van der Waals surface area (Å²) in [6.45, 7) is 7.89. The molecule has 34 heavy (non-hydrogen) atoms. The Morgan fingerprint density at radius 3 is 2.74 bits per heavy atom. The molecule has 3 atom stereocenters. The van der Waals surface area contributed by atoms with Gasteiger partial charge in [0.2, 0.25) is 5.91 Å². The maximum atomic E-state index is 13.4. The Hall–Kier alpha value is -2.93. The minimum absolute atomic E-state index is 0.0658. The van der Waals surface area contributed by atoms with Crippen LogP contribution in [0.25, 0.3) is 0 Å². The van der Waals surface area contributed by atoms with Crippen LogP contribution in [-0.2, 0) is 9.59 Å². The first-order valence-electron chi connectivity index (χ1n) is 12.5. The highest BCUT2D eigenvalue weighted by atomic mass is 16.3. The first kappa shape index (κ1) is 24.2. The topological polar surface area (TPSA) is 78.2 Å². The molecule has 1 saturated heterocycles.